The van der Waals surface area contributed by atoms with Gasteiger partial charge < -0.3 is 10.4 Å². The van der Waals surface area contributed by atoms with Crippen LogP contribution in [0.3, 0.4) is 0 Å². The van der Waals surface area contributed by atoms with Crippen LogP contribution < -0.4 is 5.32 Å². The highest BCUT2D eigenvalue weighted by atomic mass is 32.1. The zero-order valence-electron chi connectivity index (χ0n) is 11.5. The molecule has 0 aliphatic heterocycles. The number of amides is 1. The molecule has 1 aliphatic carbocycles. The van der Waals surface area contributed by atoms with Crippen molar-refractivity contribution in [3.05, 3.63) is 51.7 Å². The zero-order chi connectivity index (χ0) is 15.7. The quantitative estimate of drug-likeness (QED) is 0.885. The molecule has 0 unspecified atom stereocenters. The molecule has 1 fully saturated rings. The Bertz CT molecular complexity index is 740. The SMILES string of the molecule is O=C(NC1(C(=O)O)CC1)c1csc(Cc2cccc(F)c2)n1. The maximum Gasteiger partial charge on any atom is 0.329 e. The largest absolute Gasteiger partial charge is 0.480 e. The van der Waals surface area contributed by atoms with Crippen molar-refractivity contribution in [3.8, 4) is 0 Å². The third-order valence-electron chi connectivity index (χ3n) is 3.54. The molecule has 3 rings (SSSR count). The smallest absolute Gasteiger partial charge is 0.329 e. The number of benzene rings is 1. The van der Waals surface area contributed by atoms with E-state index in [0.29, 0.717) is 24.3 Å². The number of carboxylic acid groups (broad SMARTS) is 1. The van der Waals surface area contributed by atoms with Crippen molar-refractivity contribution in [3.63, 3.8) is 0 Å². The van der Waals surface area contributed by atoms with Crippen molar-refractivity contribution in [1.29, 1.82) is 0 Å². The summed E-state index contributed by atoms with van der Waals surface area (Å²) in [7, 11) is 0. The van der Waals surface area contributed by atoms with Crippen LogP contribution in [0.15, 0.2) is 29.6 Å². The van der Waals surface area contributed by atoms with E-state index in [-0.39, 0.29) is 11.5 Å². The number of nitrogens with zero attached hydrogens (tertiary/aromatic N) is 1. The molecule has 1 amide bonds. The van der Waals surface area contributed by atoms with E-state index in [0.717, 1.165) is 5.56 Å². The lowest BCUT2D eigenvalue weighted by Gasteiger charge is -2.10. The van der Waals surface area contributed by atoms with Gasteiger partial charge in [-0.1, -0.05) is 12.1 Å². The lowest BCUT2D eigenvalue weighted by Crippen LogP contribution is -2.43. The summed E-state index contributed by atoms with van der Waals surface area (Å²) in [6.45, 7) is 0. The van der Waals surface area contributed by atoms with Gasteiger partial charge in [-0.15, -0.1) is 11.3 Å². The van der Waals surface area contributed by atoms with Gasteiger partial charge in [0.2, 0.25) is 0 Å². The zero-order valence-corrected chi connectivity index (χ0v) is 12.3. The molecule has 22 heavy (non-hydrogen) atoms. The average molecular weight is 320 g/mol. The molecule has 1 aromatic carbocycles. The predicted octanol–water partition coefficient (Wildman–Crippen LogP) is 2.22. The van der Waals surface area contributed by atoms with Crippen molar-refractivity contribution in [2.45, 2.75) is 24.8 Å². The average Bonchev–Trinajstić information content (AvgIpc) is 3.10. The Hall–Kier alpha value is -2.28. The first-order chi connectivity index (χ1) is 10.5. The molecule has 0 saturated heterocycles. The molecule has 0 bridgehead atoms. The number of carbonyl (C=O) groups excluding carboxylic acids is 1. The molecule has 1 saturated carbocycles. The first-order valence-corrected chi connectivity index (χ1v) is 7.61. The van der Waals surface area contributed by atoms with Crippen LogP contribution in [-0.4, -0.2) is 27.5 Å². The first kappa shape index (κ1) is 14.6. The Morgan fingerprint density at radius 2 is 2.18 bits per heavy atom. The van der Waals surface area contributed by atoms with Gasteiger partial charge >= 0.3 is 5.97 Å². The molecule has 0 atom stereocenters. The number of hydrogen-bond acceptors (Lipinski definition) is 4. The normalized spacial score (nSPS) is 15.3. The molecular formula is C15H13FN2O3S. The van der Waals surface area contributed by atoms with E-state index in [1.54, 1.807) is 17.5 Å². The molecular weight excluding hydrogens is 307 g/mol. The van der Waals surface area contributed by atoms with Crippen molar-refractivity contribution < 1.29 is 19.1 Å². The summed E-state index contributed by atoms with van der Waals surface area (Å²) in [5.41, 5.74) is -0.155. The van der Waals surface area contributed by atoms with Gasteiger partial charge in [0.1, 0.15) is 17.1 Å². The van der Waals surface area contributed by atoms with E-state index in [2.05, 4.69) is 10.3 Å². The maximum absolute atomic E-state index is 13.1. The highest BCUT2D eigenvalue weighted by Gasteiger charge is 2.51. The van der Waals surface area contributed by atoms with Crippen LogP contribution in [0, 0.1) is 5.82 Å². The van der Waals surface area contributed by atoms with E-state index < -0.39 is 17.4 Å². The summed E-state index contributed by atoms with van der Waals surface area (Å²) in [6.07, 6.45) is 1.31. The third kappa shape index (κ3) is 2.99. The minimum Gasteiger partial charge on any atom is -0.480 e. The van der Waals surface area contributed by atoms with Crippen LogP contribution in [-0.2, 0) is 11.2 Å². The van der Waals surface area contributed by atoms with Gasteiger partial charge in [-0.05, 0) is 30.5 Å². The Labute approximate surface area is 129 Å². The minimum atomic E-state index is -1.12. The third-order valence-corrected chi connectivity index (χ3v) is 4.39. The van der Waals surface area contributed by atoms with Gasteiger partial charge in [0.25, 0.3) is 5.91 Å². The summed E-state index contributed by atoms with van der Waals surface area (Å²) in [5.74, 6) is -1.82. The van der Waals surface area contributed by atoms with Gasteiger partial charge in [-0.25, -0.2) is 14.2 Å². The maximum atomic E-state index is 13.1. The minimum absolute atomic E-state index is 0.198. The number of nitrogens with one attached hydrogen (secondary N) is 1. The van der Waals surface area contributed by atoms with Crippen LogP contribution in [0.1, 0.15) is 33.9 Å². The molecule has 2 aromatic rings. The van der Waals surface area contributed by atoms with Crippen molar-refractivity contribution in [2.24, 2.45) is 0 Å². The molecule has 0 spiro atoms. The highest BCUT2D eigenvalue weighted by Crippen LogP contribution is 2.35. The van der Waals surface area contributed by atoms with E-state index in [9.17, 15) is 14.0 Å². The van der Waals surface area contributed by atoms with Gasteiger partial charge in [0.05, 0.1) is 5.01 Å². The van der Waals surface area contributed by atoms with Crippen molar-refractivity contribution >= 4 is 23.2 Å². The molecule has 1 aromatic heterocycles. The van der Waals surface area contributed by atoms with Crippen LogP contribution >= 0.6 is 11.3 Å². The molecule has 0 radical (unpaired) electrons. The molecule has 114 valence electrons. The van der Waals surface area contributed by atoms with Gasteiger partial charge in [-0.3, -0.25) is 4.79 Å². The Morgan fingerprint density at radius 3 is 2.82 bits per heavy atom. The van der Waals surface area contributed by atoms with Crippen molar-refractivity contribution in [1.82, 2.24) is 10.3 Å². The predicted molar refractivity (Wildman–Crippen MR) is 78.4 cm³/mol. The van der Waals surface area contributed by atoms with E-state index in [1.807, 2.05) is 0 Å². The summed E-state index contributed by atoms with van der Waals surface area (Å²) in [4.78, 5) is 27.3. The number of carboxylic acids is 1. The second-order valence-electron chi connectivity index (χ2n) is 5.27. The van der Waals surface area contributed by atoms with Crippen molar-refractivity contribution in [2.75, 3.05) is 0 Å². The lowest BCUT2D eigenvalue weighted by atomic mass is 10.1. The van der Waals surface area contributed by atoms with Crippen LogP contribution in [0.4, 0.5) is 4.39 Å². The monoisotopic (exact) mass is 320 g/mol. The van der Waals surface area contributed by atoms with Gasteiger partial charge in [0, 0.05) is 11.8 Å². The molecule has 7 heteroatoms. The molecule has 5 nitrogen and oxygen atoms in total. The number of halogens is 1. The van der Waals surface area contributed by atoms with Crippen LogP contribution in [0.25, 0.3) is 0 Å². The highest BCUT2D eigenvalue weighted by molar-refractivity contribution is 7.09. The Balaban J connectivity index is 1.68. The molecule has 2 N–H and O–H groups in total. The second kappa shape index (κ2) is 5.49. The number of thiazole rings is 1. The van der Waals surface area contributed by atoms with Crippen LogP contribution in [0.5, 0.6) is 0 Å². The Kier molecular flexibility index (Phi) is 3.66. The fourth-order valence-corrected chi connectivity index (χ4v) is 2.93. The number of aromatic nitrogens is 1. The molecule has 1 heterocycles. The number of hydrogen-bond donors (Lipinski definition) is 2. The second-order valence-corrected chi connectivity index (χ2v) is 6.22. The Morgan fingerprint density at radius 1 is 1.41 bits per heavy atom. The topological polar surface area (TPSA) is 79.3 Å². The van der Waals surface area contributed by atoms with E-state index in [4.69, 9.17) is 5.11 Å². The van der Waals surface area contributed by atoms with Gasteiger partial charge in [0.15, 0.2) is 0 Å². The summed E-state index contributed by atoms with van der Waals surface area (Å²) >= 11 is 1.29. The number of aliphatic carboxylic acids is 1. The first-order valence-electron chi connectivity index (χ1n) is 6.73. The summed E-state index contributed by atoms with van der Waals surface area (Å²) in [5, 5.41) is 13.8. The van der Waals surface area contributed by atoms with E-state index in [1.165, 1.54) is 23.5 Å². The van der Waals surface area contributed by atoms with Crippen LogP contribution in [0.2, 0.25) is 0 Å². The fourth-order valence-electron chi connectivity index (χ4n) is 2.12. The number of carbonyl (C=O) groups is 2. The fraction of sp³-hybridized carbons (Fsp3) is 0.267. The van der Waals surface area contributed by atoms with Gasteiger partial charge in [-0.2, -0.15) is 0 Å². The standard InChI is InChI=1S/C15H13FN2O3S/c16-10-3-1-2-9(6-10)7-12-17-11(8-22-12)13(19)18-15(4-5-15)14(20)21/h1-3,6,8H,4-5,7H2,(H,18,19)(H,20,21). The summed E-state index contributed by atoms with van der Waals surface area (Å²) < 4.78 is 13.1. The molecule has 1 aliphatic rings. The lowest BCUT2D eigenvalue weighted by molar-refractivity contribution is -0.140. The van der Waals surface area contributed by atoms with E-state index >= 15 is 0 Å². The number of rotatable bonds is 5. The summed E-state index contributed by atoms with van der Waals surface area (Å²) in [6, 6.07) is 6.19.